The number of aromatic nitrogens is 1. The Bertz CT molecular complexity index is 655. The molecule has 102 valence electrons. The first-order valence-corrected chi connectivity index (χ1v) is 5.80. The summed E-state index contributed by atoms with van der Waals surface area (Å²) in [7, 11) is 0. The molecule has 20 heavy (non-hydrogen) atoms. The first-order valence-electron chi connectivity index (χ1n) is 5.80. The van der Waals surface area contributed by atoms with Crippen molar-refractivity contribution in [2.24, 2.45) is 10.2 Å². The second kappa shape index (κ2) is 5.79. The molecular formula is C13H13N5O2. The van der Waals surface area contributed by atoms with Crippen molar-refractivity contribution in [2.45, 2.75) is 6.92 Å². The first-order chi connectivity index (χ1) is 9.56. The van der Waals surface area contributed by atoms with Gasteiger partial charge in [0.05, 0.1) is 5.69 Å². The van der Waals surface area contributed by atoms with E-state index in [0.29, 0.717) is 5.69 Å². The van der Waals surface area contributed by atoms with Gasteiger partial charge >= 0.3 is 0 Å². The van der Waals surface area contributed by atoms with Crippen molar-refractivity contribution in [1.82, 2.24) is 4.98 Å². The third-order valence-corrected chi connectivity index (χ3v) is 2.33. The van der Waals surface area contributed by atoms with Gasteiger partial charge in [-0.05, 0) is 12.1 Å². The fourth-order valence-corrected chi connectivity index (χ4v) is 1.45. The molecule has 0 spiro atoms. The zero-order chi connectivity index (χ0) is 14.5. The van der Waals surface area contributed by atoms with Gasteiger partial charge in [0.15, 0.2) is 17.4 Å². The maximum absolute atomic E-state index is 10.9. The number of amides is 1. The lowest BCUT2D eigenvalue weighted by Gasteiger charge is -2.06. The average Bonchev–Trinajstić information content (AvgIpc) is 2.41. The topological polar surface area (TPSA) is 113 Å². The summed E-state index contributed by atoms with van der Waals surface area (Å²) in [4.78, 5) is 14.8. The predicted molar refractivity (Wildman–Crippen MR) is 75.2 cm³/mol. The minimum atomic E-state index is -0.356. The van der Waals surface area contributed by atoms with Gasteiger partial charge in [-0.25, -0.2) is 4.98 Å². The fourth-order valence-electron chi connectivity index (χ4n) is 1.45. The van der Waals surface area contributed by atoms with Crippen molar-refractivity contribution in [3.05, 3.63) is 36.4 Å². The molecule has 0 saturated carbocycles. The van der Waals surface area contributed by atoms with Crippen LogP contribution in [0.1, 0.15) is 6.92 Å². The van der Waals surface area contributed by atoms with Crippen LogP contribution in [0.4, 0.5) is 23.0 Å². The number of carbonyl (C=O) groups is 1. The molecule has 2 rings (SSSR count). The van der Waals surface area contributed by atoms with E-state index in [0.717, 1.165) is 0 Å². The Morgan fingerprint density at radius 2 is 2.00 bits per heavy atom. The van der Waals surface area contributed by atoms with Gasteiger partial charge in [0.2, 0.25) is 5.91 Å². The largest absolute Gasteiger partial charge is 0.504 e. The number of pyridine rings is 1. The Morgan fingerprint density at radius 3 is 2.65 bits per heavy atom. The van der Waals surface area contributed by atoms with Crippen LogP contribution in [0.15, 0.2) is 46.6 Å². The molecule has 0 fully saturated rings. The second-order valence-electron chi connectivity index (χ2n) is 3.98. The molecule has 7 nitrogen and oxygen atoms in total. The SMILES string of the molecule is CC(=O)Nc1nc(N)c(/N=N/c2ccccc2)cc1O. The molecule has 7 heteroatoms. The van der Waals surface area contributed by atoms with E-state index < -0.39 is 0 Å². The van der Waals surface area contributed by atoms with Crippen LogP contribution in [-0.2, 0) is 4.79 Å². The van der Waals surface area contributed by atoms with E-state index in [-0.39, 0.29) is 29.0 Å². The molecule has 0 unspecified atom stereocenters. The standard InChI is InChI=1S/C13H13N5O2/c1-8(19)15-13-11(20)7-10(12(14)16-13)18-17-9-5-3-2-4-6-9/h2-7,20H,1H3,(H3,14,15,16,19)/b18-17+. The third-order valence-electron chi connectivity index (χ3n) is 2.33. The molecule has 1 heterocycles. The molecule has 0 radical (unpaired) electrons. The van der Waals surface area contributed by atoms with E-state index in [1.807, 2.05) is 18.2 Å². The van der Waals surface area contributed by atoms with E-state index in [1.54, 1.807) is 12.1 Å². The molecule has 2 aromatic rings. The van der Waals surface area contributed by atoms with Crippen LogP contribution in [0.3, 0.4) is 0 Å². The minimum Gasteiger partial charge on any atom is -0.504 e. The lowest BCUT2D eigenvalue weighted by Crippen LogP contribution is -2.08. The number of hydrogen-bond donors (Lipinski definition) is 3. The fraction of sp³-hybridized carbons (Fsp3) is 0.0769. The van der Waals surface area contributed by atoms with Gasteiger partial charge in [-0.2, -0.15) is 5.11 Å². The summed E-state index contributed by atoms with van der Waals surface area (Å²) >= 11 is 0. The highest BCUT2D eigenvalue weighted by atomic mass is 16.3. The Kier molecular flexibility index (Phi) is 3.90. The average molecular weight is 271 g/mol. The smallest absolute Gasteiger partial charge is 0.222 e. The van der Waals surface area contributed by atoms with Crippen molar-refractivity contribution in [1.29, 1.82) is 0 Å². The number of anilines is 2. The number of nitrogens with one attached hydrogen (secondary N) is 1. The Labute approximate surface area is 115 Å². The highest BCUT2D eigenvalue weighted by Crippen LogP contribution is 2.31. The zero-order valence-electron chi connectivity index (χ0n) is 10.7. The molecule has 4 N–H and O–H groups in total. The van der Waals surface area contributed by atoms with E-state index in [2.05, 4.69) is 20.5 Å². The monoisotopic (exact) mass is 271 g/mol. The van der Waals surface area contributed by atoms with E-state index in [9.17, 15) is 9.90 Å². The number of nitrogen functional groups attached to an aromatic ring is 1. The Hall–Kier alpha value is -2.96. The molecule has 1 amide bonds. The maximum Gasteiger partial charge on any atom is 0.222 e. The number of hydrogen-bond acceptors (Lipinski definition) is 6. The summed E-state index contributed by atoms with van der Waals surface area (Å²) in [5.74, 6) is -0.526. The highest BCUT2D eigenvalue weighted by Gasteiger charge is 2.10. The number of benzene rings is 1. The van der Waals surface area contributed by atoms with Crippen molar-refractivity contribution in [3.8, 4) is 5.75 Å². The van der Waals surface area contributed by atoms with Crippen LogP contribution in [0.5, 0.6) is 5.75 Å². The number of azo groups is 1. The Balaban J connectivity index is 2.27. The molecular weight excluding hydrogens is 258 g/mol. The van der Waals surface area contributed by atoms with Crippen LogP contribution in [-0.4, -0.2) is 16.0 Å². The number of nitrogens with zero attached hydrogens (tertiary/aromatic N) is 3. The van der Waals surface area contributed by atoms with Crippen LogP contribution in [0, 0.1) is 0 Å². The summed E-state index contributed by atoms with van der Waals surface area (Å²) in [6.45, 7) is 1.31. The van der Waals surface area contributed by atoms with Crippen LogP contribution >= 0.6 is 0 Å². The minimum absolute atomic E-state index is 0.00587. The number of aromatic hydroxyl groups is 1. The lowest BCUT2D eigenvalue weighted by atomic mass is 10.3. The quantitative estimate of drug-likeness (QED) is 0.745. The van der Waals surface area contributed by atoms with Gasteiger partial charge in [-0.15, -0.1) is 5.11 Å². The van der Waals surface area contributed by atoms with Crippen molar-refractivity contribution in [3.63, 3.8) is 0 Å². The van der Waals surface area contributed by atoms with Crippen LogP contribution < -0.4 is 11.1 Å². The normalized spacial score (nSPS) is 10.7. The Morgan fingerprint density at radius 1 is 1.30 bits per heavy atom. The van der Waals surface area contributed by atoms with Gasteiger partial charge in [0, 0.05) is 13.0 Å². The van der Waals surface area contributed by atoms with Gasteiger partial charge in [0.25, 0.3) is 0 Å². The molecule has 0 bridgehead atoms. The maximum atomic E-state index is 10.9. The summed E-state index contributed by atoms with van der Waals surface area (Å²) in [6.07, 6.45) is 0. The van der Waals surface area contributed by atoms with Gasteiger partial charge < -0.3 is 16.2 Å². The van der Waals surface area contributed by atoms with E-state index in [1.165, 1.54) is 13.0 Å². The molecule has 0 aliphatic heterocycles. The number of nitrogens with two attached hydrogens (primary N) is 1. The predicted octanol–water partition coefficient (Wildman–Crippen LogP) is 2.74. The van der Waals surface area contributed by atoms with Gasteiger partial charge in [0.1, 0.15) is 5.69 Å². The summed E-state index contributed by atoms with van der Waals surface area (Å²) in [5, 5.41) is 20.0. The van der Waals surface area contributed by atoms with E-state index in [4.69, 9.17) is 5.73 Å². The molecule has 0 atom stereocenters. The van der Waals surface area contributed by atoms with Crippen molar-refractivity contribution < 1.29 is 9.90 Å². The van der Waals surface area contributed by atoms with Crippen LogP contribution in [0.25, 0.3) is 0 Å². The molecule has 0 aliphatic rings. The molecule has 1 aromatic heterocycles. The molecule has 1 aromatic carbocycles. The molecule has 0 saturated heterocycles. The van der Waals surface area contributed by atoms with Crippen molar-refractivity contribution in [2.75, 3.05) is 11.1 Å². The lowest BCUT2D eigenvalue weighted by molar-refractivity contribution is -0.114. The summed E-state index contributed by atoms with van der Waals surface area (Å²) in [6, 6.07) is 10.4. The van der Waals surface area contributed by atoms with Crippen LogP contribution in [0.2, 0.25) is 0 Å². The summed E-state index contributed by atoms with van der Waals surface area (Å²) in [5.41, 5.74) is 6.58. The highest BCUT2D eigenvalue weighted by molar-refractivity contribution is 5.89. The number of carbonyl (C=O) groups excluding carboxylic acids is 1. The second-order valence-corrected chi connectivity index (χ2v) is 3.98. The van der Waals surface area contributed by atoms with E-state index >= 15 is 0 Å². The van der Waals surface area contributed by atoms with Crippen molar-refractivity contribution >= 4 is 28.9 Å². The van der Waals surface area contributed by atoms with Gasteiger partial charge in [-0.1, -0.05) is 18.2 Å². The zero-order valence-corrected chi connectivity index (χ0v) is 10.7. The first kappa shape index (κ1) is 13.5. The number of rotatable bonds is 3. The van der Waals surface area contributed by atoms with Gasteiger partial charge in [-0.3, -0.25) is 4.79 Å². The summed E-state index contributed by atoms with van der Waals surface area (Å²) < 4.78 is 0. The third kappa shape index (κ3) is 3.29. The molecule has 0 aliphatic carbocycles.